The topological polar surface area (TPSA) is 17.1 Å². The molecular formula is C16H22O. The molecule has 1 saturated carbocycles. The van der Waals surface area contributed by atoms with E-state index in [-0.39, 0.29) is 5.92 Å². The van der Waals surface area contributed by atoms with Gasteiger partial charge in [-0.25, -0.2) is 0 Å². The van der Waals surface area contributed by atoms with Crippen molar-refractivity contribution in [3.63, 3.8) is 0 Å². The summed E-state index contributed by atoms with van der Waals surface area (Å²) in [6, 6.07) is 6.20. The van der Waals surface area contributed by atoms with Crippen molar-refractivity contribution >= 4 is 5.78 Å². The van der Waals surface area contributed by atoms with E-state index >= 15 is 0 Å². The van der Waals surface area contributed by atoms with Crippen LogP contribution in [0, 0.1) is 25.7 Å². The smallest absolute Gasteiger partial charge is 0.166 e. The molecular weight excluding hydrogens is 208 g/mol. The van der Waals surface area contributed by atoms with Crippen LogP contribution < -0.4 is 0 Å². The molecule has 1 aliphatic rings. The average Bonchev–Trinajstić information content (AvgIpc) is 2.32. The summed E-state index contributed by atoms with van der Waals surface area (Å²) in [6.45, 7) is 6.33. The molecule has 0 aromatic heterocycles. The van der Waals surface area contributed by atoms with Gasteiger partial charge in [-0.2, -0.15) is 0 Å². The molecule has 2 unspecified atom stereocenters. The second-order valence-corrected chi connectivity index (χ2v) is 5.55. The normalized spacial score (nSPS) is 24.6. The standard InChI is InChI=1S/C16H22O/c1-11-8-9-13(3)15(10-11)16(17)14-7-5-4-6-12(14)2/h8-10,12,14H,4-7H2,1-3H3. The SMILES string of the molecule is Cc1ccc(C)c(C(=O)C2CCCCC2C)c1. The van der Waals surface area contributed by atoms with E-state index in [1.54, 1.807) is 0 Å². The number of hydrogen-bond acceptors (Lipinski definition) is 1. The van der Waals surface area contributed by atoms with Crippen LogP contribution in [0.25, 0.3) is 0 Å². The fourth-order valence-corrected chi connectivity index (χ4v) is 2.91. The summed E-state index contributed by atoms with van der Waals surface area (Å²) in [7, 11) is 0. The van der Waals surface area contributed by atoms with Gasteiger partial charge in [-0.05, 0) is 37.8 Å². The second kappa shape index (κ2) is 5.03. The van der Waals surface area contributed by atoms with E-state index in [1.165, 1.54) is 24.8 Å². The minimum absolute atomic E-state index is 0.254. The lowest BCUT2D eigenvalue weighted by Gasteiger charge is -2.28. The van der Waals surface area contributed by atoms with Gasteiger partial charge < -0.3 is 0 Å². The van der Waals surface area contributed by atoms with E-state index in [1.807, 2.05) is 6.92 Å². The number of carbonyl (C=O) groups excluding carboxylic acids is 1. The summed E-state index contributed by atoms with van der Waals surface area (Å²) in [4.78, 5) is 12.6. The van der Waals surface area contributed by atoms with Crippen LogP contribution in [0.5, 0.6) is 0 Å². The van der Waals surface area contributed by atoms with Gasteiger partial charge >= 0.3 is 0 Å². The number of rotatable bonds is 2. The number of aryl methyl sites for hydroxylation is 2. The number of benzene rings is 1. The monoisotopic (exact) mass is 230 g/mol. The van der Waals surface area contributed by atoms with Crippen LogP contribution in [0.3, 0.4) is 0 Å². The molecule has 1 aromatic rings. The molecule has 0 aliphatic heterocycles. The molecule has 17 heavy (non-hydrogen) atoms. The van der Waals surface area contributed by atoms with Gasteiger partial charge in [0.05, 0.1) is 0 Å². The highest BCUT2D eigenvalue weighted by Gasteiger charge is 2.29. The molecule has 1 aromatic carbocycles. The van der Waals surface area contributed by atoms with Crippen LogP contribution in [0.15, 0.2) is 18.2 Å². The molecule has 0 saturated heterocycles. The minimum atomic E-state index is 0.254. The predicted octanol–water partition coefficient (Wildman–Crippen LogP) is 4.31. The van der Waals surface area contributed by atoms with E-state index in [4.69, 9.17) is 0 Å². The molecule has 1 aliphatic carbocycles. The van der Waals surface area contributed by atoms with Crippen LogP contribution >= 0.6 is 0 Å². The summed E-state index contributed by atoms with van der Waals surface area (Å²) >= 11 is 0. The number of carbonyl (C=O) groups is 1. The quantitative estimate of drug-likeness (QED) is 0.692. The van der Waals surface area contributed by atoms with E-state index in [9.17, 15) is 4.79 Å². The van der Waals surface area contributed by atoms with Crippen molar-refractivity contribution in [2.75, 3.05) is 0 Å². The van der Waals surface area contributed by atoms with Crippen molar-refractivity contribution in [2.45, 2.75) is 46.5 Å². The highest BCUT2D eigenvalue weighted by atomic mass is 16.1. The van der Waals surface area contributed by atoms with Crippen molar-refractivity contribution in [1.29, 1.82) is 0 Å². The van der Waals surface area contributed by atoms with Crippen molar-refractivity contribution in [3.05, 3.63) is 34.9 Å². The fourth-order valence-electron chi connectivity index (χ4n) is 2.91. The van der Waals surface area contributed by atoms with Crippen molar-refractivity contribution in [1.82, 2.24) is 0 Å². The number of ketones is 1. The molecule has 1 fully saturated rings. The first-order chi connectivity index (χ1) is 8.09. The Morgan fingerprint density at radius 2 is 1.88 bits per heavy atom. The molecule has 92 valence electrons. The van der Waals surface area contributed by atoms with Gasteiger partial charge in [0.2, 0.25) is 0 Å². The minimum Gasteiger partial charge on any atom is -0.294 e. The molecule has 0 heterocycles. The lowest BCUT2D eigenvalue weighted by Crippen LogP contribution is -2.26. The third kappa shape index (κ3) is 2.59. The molecule has 0 spiro atoms. The van der Waals surface area contributed by atoms with Gasteiger partial charge in [0.1, 0.15) is 0 Å². The summed E-state index contributed by atoms with van der Waals surface area (Å²) in [5, 5.41) is 0. The maximum absolute atomic E-state index is 12.6. The molecule has 0 N–H and O–H groups in total. The maximum atomic E-state index is 12.6. The number of Topliss-reactive ketones (excluding diaryl/α,β-unsaturated/α-hetero) is 1. The Kier molecular flexibility index (Phi) is 3.66. The van der Waals surface area contributed by atoms with Gasteiger partial charge in [-0.1, -0.05) is 43.9 Å². The van der Waals surface area contributed by atoms with Gasteiger partial charge in [-0.15, -0.1) is 0 Å². The van der Waals surface area contributed by atoms with Crippen LogP contribution in [0.2, 0.25) is 0 Å². The molecule has 0 amide bonds. The van der Waals surface area contributed by atoms with Crippen LogP contribution in [-0.4, -0.2) is 5.78 Å². The van der Waals surface area contributed by atoms with Crippen LogP contribution in [-0.2, 0) is 0 Å². The Labute approximate surface area is 104 Å². The third-order valence-electron chi connectivity index (χ3n) is 4.11. The van der Waals surface area contributed by atoms with Crippen molar-refractivity contribution in [3.8, 4) is 0 Å². The molecule has 2 rings (SSSR count). The van der Waals surface area contributed by atoms with E-state index in [0.717, 1.165) is 17.5 Å². The molecule has 1 nitrogen and oxygen atoms in total. The summed E-state index contributed by atoms with van der Waals surface area (Å²) in [6.07, 6.45) is 4.79. The third-order valence-corrected chi connectivity index (χ3v) is 4.11. The van der Waals surface area contributed by atoms with Gasteiger partial charge in [-0.3, -0.25) is 4.79 Å². The zero-order chi connectivity index (χ0) is 12.4. The Hall–Kier alpha value is -1.11. The first-order valence-electron chi connectivity index (χ1n) is 6.71. The van der Waals surface area contributed by atoms with E-state index in [0.29, 0.717) is 11.7 Å². The Bertz CT molecular complexity index is 420. The largest absolute Gasteiger partial charge is 0.294 e. The molecule has 0 bridgehead atoms. The zero-order valence-corrected chi connectivity index (χ0v) is 11.1. The Balaban J connectivity index is 2.26. The summed E-state index contributed by atoms with van der Waals surface area (Å²) < 4.78 is 0. The Morgan fingerprint density at radius 1 is 1.18 bits per heavy atom. The van der Waals surface area contributed by atoms with E-state index < -0.39 is 0 Å². The van der Waals surface area contributed by atoms with Gasteiger partial charge in [0.15, 0.2) is 5.78 Å². The first-order valence-corrected chi connectivity index (χ1v) is 6.71. The highest BCUT2D eigenvalue weighted by molar-refractivity contribution is 5.99. The van der Waals surface area contributed by atoms with Gasteiger partial charge in [0.25, 0.3) is 0 Å². The lowest BCUT2D eigenvalue weighted by atomic mass is 9.76. The summed E-state index contributed by atoms with van der Waals surface area (Å²) in [5.74, 6) is 1.18. The van der Waals surface area contributed by atoms with Crippen molar-refractivity contribution in [2.24, 2.45) is 11.8 Å². The van der Waals surface area contributed by atoms with Gasteiger partial charge in [0, 0.05) is 11.5 Å². The molecule has 0 radical (unpaired) electrons. The average molecular weight is 230 g/mol. The number of hydrogen-bond donors (Lipinski definition) is 0. The van der Waals surface area contributed by atoms with Crippen LogP contribution in [0.4, 0.5) is 0 Å². The van der Waals surface area contributed by atoms with E-state index in [2.05, 4.69) is 32.0 Å². The summed E-state index contributed by atoms with van der Waals surface area (Å²) in [5.41, 5.74) is 3.25. The molecule has 2 atom stereocenters. The lowest BCUT2D eigenvalue weighted by molar-refractivity contribution is 0.0836. The first kappa shape index (κ1) is 12.3. The fraction of sp³-hybridized carbons (Fsp3) is 0.562. The predicted molar refractivity (Wildman–Crippen MR) is 71.4 cm³/mol. The maximum Gasteiger partial charge on any atom is 0.166 e. The highest BCUT2D eigenvalue weighted by Crippen LogP contribution is 2.32. The van der Waals surface area contributed by atoms with Crippen LogP contribution in [0.1, 0.15) is 54.1 Å². The van der Waals surface area contributed by atoms with Crippen molar-refractivity contribution < 1.29 is 4.79 Å². The zero-order valence-electron chi connectivity index (χ0n) is 11.1. The second-order valence-electron chi connectivity index (χ2n) is 5.55. The Morgan fingerprint density at radius 3 is 2.59 bits per heavy atom. The molecule has 1 heteroatoms.